The molecule has 8 heavy (non-hydrogen) atoms. The summed E-state index contributed by atoms with van der Waals surface area (Å²) in [6, 6.07) is 0. The molecule has 2 heteroatoms. The zero-order chi connectivity index (χ0) is 6.41. The number of hydrogen-bond donors (Lipinski definition) is 1. The predicted molar refractivity (Wildman–Crippen MR) is 34.8 cm³/mol. The fraction of sp³-hybridized carbons (Fsp3) is 1.00. The Hall–Kier alpha value is -0.0800. The third-order valence-electron chi connectivity index (χ3n) is 0.938. The van der Waals surface area contributed by atoms with Gasteiger partial charge in [-0.25, -0.2) is 0 Å². The van der Waals surface area contributed by atoms with Crippen LogP contribution in [0, 0.1) is 0 Å². The van der Waals surface area contributed by atoms with Crippen LogP contribution in [0.1, 0.15) is 20.3 Å². The Morgan fingerprint density at radius 3 is 2.62 bits per heavy atom. The van der Waals surface area contributed by atoms with Crippen LogP contribution >= 0.6 is 0 Å². The maximum atomic E-state index is 5.29. The first-order chi connectivity index (χ1) is 3.81. The van der Waals surface area contributed by atoms with Crippen LogP contribution in [0.2, 0.25) is 0 Å². The quantitative estimate of drug-likeness (QED) is 0.590. The minimum Gasteiger partial charge on any atom is -0.377 e. The van der Waals surface area contributed by atoms with Crippen molar-refractivity contribution in [2.45, 2.75) is 26.4 Å². The number of rotatable bonds is 4. The molecule has 0 aliphatic carbocycles. The molecule has 0 aliphatic heterocycles. The first-order valence-electron chi connectivity index (χ1n) is 3.13. The average Bonchev–Trinajstić information content (AvgIpc) is 1.83. The topological polar surface area (TPSA) is 35.2 Å². The van der Waals surface area contributed by atoms with Crippen molar-refractivity contribution in [2.75, 3.05) is 13.2 Å². The highest BCUT2D eigenvalue weighted by Gasteiger charge is 1.94. The highest BCUT2D eigenvalue weighted by Crippen LogP contribution is 1.87. The normalized spacial score (nSPS) is 13.9. The predicted octanol–water partition coefficient (Wildman–Crippen LogP) is 0.760. The summed E-state index contributed by atoms with van der Waals surface area (Å²) in [7, 11) is 0. The fourth-order valence-corrected chi connectivity index (χ4v) is 0.387. The van der Waals surface area contributed by atoms with Gasteiger partial charge in [-0.3, -0.25) is 0 Å². The Morgan fingerprint density at radius 2 is 2.25 bits per heavy atom. The summed E-state index contributed by atoms with van der Waals surface area (Å²) in [4.78, 5) is 0. The number of hydrogen-bond acceptors (Lipinski definition) is 2. The molecule has 50 valence electrons. The highest BCUT2D eigenvalue weighted by atomic mass is 16.5. The van der Waals surface area contributed by atoms with Crippen LogP contribution in [-0.4, -0.2) is 19.3 Å². The van der Waals surface area contributed by atoms with Crippen molar-refractivity contribution < 1.29 is 4.74 Å². The molecular weight excluding hydrogens is 102 g/mol. The lowest BCUT2D eigenvalue weighted by atomic mass is 10.4. The van der Waals surface area contributed by atoms with Gasteiger partial charge in [0.25, 0.3) is 0 Å². The highest BCUT2D eigenvalue weighted by molar-refractivity contribution is 4.46. The van der Waals surface area contributed by atoms with Gasteiger partial charge in [0.1, 0.15) is 0 Å². The molecule has 0 rings (SSSR count). The molecule has 0 bridgehead atoms. The van der Waals surface area contributed by atoms with Gasteiger partial charge in [-0.05, 0) is 13.3 Å². The second-order valence-electron chi connectivity index (χ2n) is 1.92. The lowest BCUT2D eigenvalue weighted by Gasteiger charge is -2.07. The van der Waals surface area contributed by atoms with Gasteiger partial charge < -0.3 is 10.5 Å². The van der Waals surface area contributed by atoms with Crippen molar-refractivity contribution >= 4 is 0 Å². The summed E-state index contributed by atoms with van der Waals surface area (Å²) < 4.78 is 5.22. The van der Waals surface area contributed by atoms with Crippen LogP contribution in [0.15, 0.2) is 0 Å². The van der Waals surface area contributed by atoms with E-state index < -0.39 is 0 Å². The molecule has 0 aromatic heterocycles. The van der Waals surface area contributed by atoms with Gasteiger partial charge in [-0.1, -0.05) is 6.92 Å². The van der Waals surface area contributed by atoms with Crippen LogP contribution in [0.4, 0.5) is 0 Å². The molecule has 2 nitrogen and oxygen atoms in total. The molecule has 0 aliphatic rings. The van der Waals surface area contributed by atoms with Gasteiger partial charge in [-0.15, -0.1) is 0 Å². The van der Waals surface area contributed by atoms with Gasteiger partial charge in [0.05, 0.1) is 6.10 Å². The third kappa shape index (κ3) is 4.09. The van der Waals surface area contributed by atoms with Crippen LogP contribution in [0.25, 0.3) is 0 Å². The van der Waals surface area contributed by atoms with Gasteiger partial charge in [0.2, 0.25) is 0 Å². The van der Waals surface area contributed by atoms with E-state index in [2.05, 4.69) is 6.92 Å². The fourth-order valence-electron chi connectivity index (χ4n) is 0.387. The lowest BCUT2D eigenvalue weighted by molar-refractivity contribution is 0.0724. The standard InChI is InChI=1S/C6H15NO/c1-3-4-8-6(2)5-7/h6H,3-5,7H2,1-2H3. The van der Waals surface area contributed by atoms with Crippen LogP contribution < -0.4 is 5.73 Å². The Labute approximate surface area is 51.0 Å². The smallest absolute Gasteiger partial charge is 0.0669 e. The largest absolute Gasteiger partial charge is 0.377 e. The lowest BCUT2D eigenvalue weighted by Crippen LogP contribution is -2.20. The van der Waals surface area contributed by atoms with Gasteiger partial charge in [-0.2, -0.15) is 0 Å². The van der Waals surface area contributed by atoms with Gasteiger partial charge in [0.15, 0.2) is 0 Å². The average molecular weight is 117 g/mol. The maximum Gasteiger partial charge on any atom is 0.0669 e. The zero-order valence-electron chi connectivity index (χ0n) is 5.68. The van der Waals surface area contributed by atoms with Gasteiger partial charge >= 0.3 is 0 Å². The van der Waals surface area contributed by atoms with Crippen molar-refractivity contribution in [3.63, 3.8) is 0 Å². The van der Waals surface area contributed by atoms with Crippen LogP contribution in [0.3, 0.4) is 0 Å². The van der Waals surface area contributed by atoms with E-state index in [1.807, 2.05) is 6.92 Å². The van der Waals surface area contributed by atoms with Crippen molar-refractivity contribution in [2.24, 2.45) is 5.73 Å². The van der Waals surface area contributed by atoms with Gasteiger partial charge in [0, 0.05) is 13.2 Å². The molecule has 1 atom stereocenters. The minimum absolute atomic E-state index is 0.231. The first-order valence-corrected chi connectivity index (χ1v) is 3.13. The first kappa shape index (κ1) is 7.92. The molecule has 0 saturated carbocycles. The second kappa shape index (κ2) is 5.06. The Morgan fingerprint density at radius 1 is 1.62 bits per heavy atom. The molecular formula is C6H15NO. The second-order valence-corrected chi connectivity index (χ2v) is 1.92. The Bertz CT molecular complexity index is 47.8. The Balaban J connectivity index is 2.86. The molecule has 0 spiro atoms. The summed E-state index contributed by atoms with van der Waals surface area (Å²) in [6.07, 6.45) is 1.31. The summed E-state index contributed by atoms with van der Waals surface area (Å²) >= 11 is 0. The van der Waals surface area contributed by atoms with Crippen LogP contribution in [0.5, 0.6) is 0 Å². The van der Waals surface area contributed by atoms with Crippen molar-refractivity contribution in [3.05, 3.63) is 0 Å². The van der Waals surface area contributed by atoms with E-state index in [0.717, 1.165) is 13.0 Å². The van der Waals surface area contributed by atoms with E-state index in [1.165, 1.54) is 0 Å². The maximum absolute atomic E-state index is 5.29. The van der Waals surface area contributed by atoms with Crippen molar-refractivity contribution in [1.29, 1.82) is 0 Å². The third-order valence-corrected chi connectivity index (χ3v) is 0.938. The monoisotopic (exact) mass is 117 g/mol. The molecule has 1 unspecified atom stereocenters. The van der Waals surface area contributed by atoms with E-state index in [0.29, 0.717) is 6.54 Å². The minimum atomic E-state index is 0.231. The molecule has 0 fully saturated rings. The van der Waals surface area contributed by atoms with Crippen molar-refractivity contribution in [1.82, 2.24) is 0 Å². The number of nitrogens with two attached hydrogens (primary N) is 1. The van der Waals surface area contributed by atoms with E-state index in [1.54, 1.807) is 0 Å². The molecule has 0 aromatic rings. The Kier molecular flexibility index (Phi) is 5.01. The molecule has 2 N–H and O–H groups in total. The molecule has 0 heterocycles. The molecule has 0 radical (unpaired) electrons. The van der Waals surface area contributed by atoms with Crippen molar-refractivity contribution in [3.8, 4) is 0 Å². The van der Waals surface area contributed by atoms with E-state index in [4.69, 9.17) is 10.5 Å². The molecule has 0 saturated heterocycles. The van der Waals surface area contributed by atoms with Crippen LogP contribution in [-0.2, 0) is 4.74 Å². The molecule has 0 amide bonds. The summed E-state index contributed by atoms with van der Waals surface area (Å²) in [5, 5.41) is 0. The number of ether oxygens (including phenoxy) is 1. The van der Waals surface area contributed by atoms with E-state index in [9.17, 15) is 0 Å². The summed E-state index contributed by atoms with van der Waals surface area (Å²) in [6.45, 7) is 5.53. The summed E-state index contributed by atoms with van der Waals surface area (Å²) in [5.74, 6) is 0. The SMILES string of the molecule is CCCOC(C)CN. The zero-order valence-corrected chi connectivity index (χ0v) is 5.68. The molecule has 0 aromatic carbocycles. The summed E-state index contributed by atoms with van der Waals surface area (Å²) in [5.41, 5.74) is 5.29. The van der Waals surface area contributed by atoms with E-state index in [-0.39, 0.29) is 6.10 Å². The van der Waals surface area contributed by atoms with E-state index >= 15 is 0 Å².